The standard InChI is InChI=1S/C12H16FNO2S/c1-9(2)14(11-5-6-11)17(15,16)12-7-3-10(13)4-8-12/h3-4,7-9,11H,5-6H2,1-2H3. The van der Waals surface area contributed by atoms with Crippen molar-refractivity contribution in [2.24, 2.45) is 0 Å². The number of sulfonamides is 1. The molecule has 0 N–H and O–H groups in total. The van der Waals surface area contributed by atoms with Crippen molar-refractivity contribution in [1.82, 2.24) is 4.31 Å². The van der Waals surface area contributed by atoms with Gasteiger partial charge >= 0.3 is 0 Å². The second-order valence-electron chi connectivity index (χ2n) is 4.61. The molecule has 1 saturated carbocycles. The molecule has 0 unspecified atom stereocenters. The molecule has 94 valence electrons. The summed E-state index contributed by atoms with van der Waals surface area (Å²) < 4.78 is 39.1. The SMILES string of the molecule is CC(C)N(C1CC1)S(=O)(=O)c1ccc(F)cc1. The molecular weight excluding hydrogens is 241 g/mol. The van der Waals surface area contributed by atoms with Gasteiger partial charge in [0.25, 0.3) is 0 Å². The molecule has 0 atom stereocenters. The van der Waals surface area contributed by atoms with Crippen LogP contribution >= 0.6 is 0 Å². The van der Waals surface area contributed by atoms with Gasteiger partial charge in [-0.2, -0.15) is 4.31 Å². The molecule has 1 aromatic carbocycles. The van der Waals surface area contributed by atoms with Gasteiger partial charge in [0.15, 0.2) is 0 Å². The predicted molar refractivity (Wildman–Crippen MR) is 63.6 cm³/mol. The third-order valence-corrected chi connectivity index (χ3v) is 4.95. The second kappa shape index (κ2) is 4.38. The van der Waals surface area contributed by atoms with Gasteiger partial charge in [-0.3, -0.25) is 0 Å². The topological polar surface area (TPSA) is 37.4 Å². The van der Waals surface area contributed by atoms with Crippen LogP contribution in [0.3, 0.4) is 0 Å². The van der Waals surface area contributed by atoms with E-state index in [4.69, 9.17) is 0 Å². The zero-order valence-electron chi connectivity index (χ0n) is 9.93. The summed E-state index contributed by atoms with van der Waals surface area (Å²) in [6.45, 7) is 3.72. The maximum Gasteiger partial charge on any atom is 0.243 e. The highest BCUT2D eigenvalue weighted by Gasteiger charge is 2.39. The lowest BCUT2D eigenvalue weighted by atomic mass is 10.3. The van der Waals surface area contributed by atoms with Crippen LogP contribution in [0.15, 0.2) is 29.2 Å². The van der Waals surface area contributed by atoms with E-state index in [-0.39, 0.29) is 17.0 Å². The predicted octanol–water partition coefficient (Wildman–Crippen LogP) is 2.39. The highest BCUT2D eigenvalue weighted by molar-refractivity contribution is 7.89. The van der Waals surface area contributed by atoms with Gasteiger partial charge < -0.3 is 0 Å². The summed E-state index contributed by atoms with van der Waals surface area (Å²) in [6.07, 6.45) is 1.83. The first-order valence-corrected chi connectivity index (χ1v) is 7.16. The molecule has 3 nitrogen and oxygen atoms in total. The van der Waals surface area contributed by atoms with Gasteiger partial charge in [-0.25, -0.2) is 12.8 Å². The maximum absolute atomic E-state index is 12.8. The Bertz CT molecular complexity index is 490. The van der Waals surface area contributed by atoms with Crippen LogP contribution in [0.1, 0.15) is 26.7 Å². The molecule has 0 saturated heterocycles. The van der Waals surface area contributed by atoms with Gasteiger partial charge in [-0.15, -0.1) is 0 Å². The molecule has 17 heavy (non-hydrogen) atoms. The van der Waals surface area contributed by atoms with Gasteiger partial charge in [-0.1, -0.05) is 0 Å². The first kappa shape index (κ1) is 12.5. The van der Waals surface area contributed by atoms with Crippen molar-refractivity contribution >= 4 is 10.0 Å². The van der Waals surface area contributed by atoms with E-state index in [1.54, 1.807) is 0 Å². The largest absolute Gasteiger partial charge is 0.243 e. The molecule has 0 spiro atoms. The van der Waals surface area contributed by atoms with Crippen LogP contribution in [0.5, 0.6) is 0 Å². The Morgan fingerprint density at radius 3 is 2.18 bits per heavy atom. The Morgan fingerprint density at radius 1 is 1.24 bits per heavy atom. The number of rotatable bonds is 4. The van der Waals surface area contributed by atoms with Crippen molar-refractivity contribution in [2.45, 2.75) is 43.7 Å². The van der Waals surface area contributed by atoms with E-state index in [0.29, 0.717) is 0 Å². The van der Waals surface area contributed by atoms with Crippen molar-refractivity contribution in [2.75, 3.05) is 0 Å². The number of nitrogens with zero attached hydrogens (tertiary/aromatic N) is 1. The molecule has 2 rings (SSSR count). The van der Waals surface area contributed by atoms with Crippen molar-refractivity contribution in [3.63, 3.8) is 0 Å². The first-order chi connectivity index (χ1) is 7.93. The third-order valence-electron chi connectivity index (χ3n) is 2.80. The third kappa shape index (κ3) is 2.50. The molecule has 0 heterocycles. The van der Waals surface area contributed by atoms with E-state index in [0.717, 1.165) is 12.8 Å². The Kier molecular flexibility index (Phi) is 3.23. The van der Waals surface area contributed by atoms with Gasteiger partial charge in [0.05, 0.1) is 4.90 Å². The smallest absolute Gasteiger partial charge is 0.207 e. The molecule has 0 aromatic heterocycles. The van der Waals surface area contributed by atoms with E-state index < -0.39 is 15.8 Å². The maximum atomic E-state index is 12.8. The molecule has 0 radical (unpaired) electrons. The van der Waals surface area contributed by atoms with Gasteiger partial charge in [0.1, 0.15) is 5.82 Å². The van der Waals surface area contributed by atoms with Crippen LogP contribution in [0.4, 0.5) is 4.39 Å². The number of benzene rings is 1. The van der Waals surface area contributed by atoms with Gasteiger partial charge in [0, 0.05) is 12.1 Å². The average Bonchev–Trinajstić information content (AvgIpc) is 3.01. The van der Waals surface area contributed by atoms with Crippen LogP contribution in [0.2, 0.25) is 0 Å². The van der Waals surface area contributed by atoms with Crippen LogP contribution in [-0.4, -0.2) is 24.8 Å². The van der Waals surface area contributed by atoms with E-state index >= 15 is 0 Å². The van der Waals surface area contributed by atoms with Crippen LogP contribution < -0.4 is 0 Å². The zero-order chi connectivity index (χ0) is 12.6. The lowest BCUT2D eigenvalue weighted by Crippen LogP contribution is -2.38. The quantitative estimate of drug-likeness (QED) is 0.830. The van der Waals surface area contributed by atoms with Crippen molar-refractivity contribution in [3.05, 3.63) is 30.1 Å². The van der Waals surface area contributed by atoms with E-state index in [1.807, 2.05) is 13.8 Å². The number of halogens is 1. The summed E-state index contributed by atoms with van der Waals surface area (Å²) in [5.74, 6) is -0.425. The van der Waals surface area contributed by atoms with Crippen LogP contribution in [0, 0.1) is 5.82 Å². The zero-order valence-corrected chi connectivity index (χ0v) is 10.7. The van der Waals surface area contributed by atoms with Crippen LogP contribution in [-0.2, 0) is 10.0 Å². The van der Waals surface area contributed by atoms with E-state index in [9.17, 15) is 12.8 Å². The fourth-order valence-corrected chi connectivity index (χ4v) is 3.83. The minimum Gasteiger partial charge on any atom is -0.207 e. The summed E-state index contributed by atoms with van der Waals surface area (Å²) in [5, 5.41) is 0. The average molecular weight is 257 g/mol. The highest BCUT2D eigenvalue weighted by Crippen LogP contribution is 2.33. The summed E-state index contributed by atoms with van der Waals surface area (Å²) in [5.41, 5.74) is 0. The second-order valence-corrected chi connectivity index (χ2v) is 6.46. The molecule has 1 aromatic rings. The first-order valence-electron chi connectivity index (χ1n) is 5.72. The normalized spacial score (nSPS) is 16.8. The summed E-state index contributed by atoms with van der Waals surface area (Å²) in [6, 6.07) is 5.05. The minimum absolute atomic E-state index is 0.0717. The molecular formula is C12H16FNO2S. The molecule has 0 bridgehead atoms. The summed E-state index contributed by atoms with van der Waals surface area (Å²) in [4.78, 5) is 0.166. The van der Waals surface area contributed by atoms with E-state index in [2.05, 4.69) is 0 Å². The Morgan fingerprint density at radius 2 is 1.76 bits per heavy atom. The van der Waals surface area contributed by atoms with Crippen molar-refractivity contribution in [1.29, 1.82) is 0 Å². The minimum atomic E-state index is -3.49. The van der Waals surface area contributed by atoms with E-state index in [1.165, 1.54) is 28.6 Å². The molecule has 1 aliphatic carbocycles. The fourth-order valence-electron chi connectivity index (χ4n) is 1.95. The molecule has 5 heteroatoms. The summed E-state index contributed by atoms with van der Waals surface area (Å²) >= 11 is 0. The monoisotopic (exact) mass is 257 g/mol. The van der Waals surface area contributed by atoms with Gasteiger partial charge in [-0.05, 0) is 51.0 Å². The summed E-state index contributed by atoms with van der Waals surface area (Å²) in [7, 11) is -3.49. The number of hydrogen-bond donors (Lipinski definition) is 0. The molecule has 0 amide bonds. The van der Waals surface area contributed by atoms with Gasteiger partial charge in [0.2, 0.25) is 10.0 Å². The Balaban J connectivity index is 2.37. The Hall–Kier alpha value is -0.940. The lowest BCUT2D eigenvalue weighted by Gasteiger charge is -2.25. The molecule has 1 fully saturated rings. The van der Waals surface area contributed by atoms with Crippen molar-refractivity contribution < 1.29 is 12.8 Å². The van der Waals surface area contributed by atoms with Crippen molar-refractivity contribution in [3.8, 4) is 0 Å². The van der Waals surface area contributed by atoms with Crippen LogP contribution in [0.25, 0.3) is 0 Å². The number of hydrogen-bond acceptors (Lipinski definition) is 2. The Labute approximate surface area is 101 Å². The molecule has 0 aliphatic heterocycles. The lowest BCUT2D eigenvalue weighted by molar-refractivity contribution is 0.346. The fraction of sp³-hybridized carbons (Fsp3) is 0.500. The highest BCUT2D eigenvalue weighted by atomic mass is 32.2. The molecule has 1 aliphatic rings.